The molecule has 25 heavy (non-hydrogen) atoms. The second-order valence-corrected chi connectivity index (χ2v) is 6.80. The first-order valence-electron chi connectivity index (χ1n) is 8.30. The van der Waals surface area contributed by atoms with Gasteiger partial charge in [0.2, 0.25) is 0 Å². The SMILES string of the molecule is CCC(Oc1cccc2ccccc12)C(=O)Nc1ccc(Br)c(C)c1. The van der Waals surface area contributed by atoms with Gasteiger partial charge in [-0.25, -0.2) is 0 Å². The van der Waals surface area contributed by atoms with Crippen molar-refractivity contribution in [3.05, 3.63) is 70.7 Å². The lowest BCUT2D eigenvalue weighted by Gasteiger charge is -2.19. The Labute approximate surface area is 156 Å². The lowest BCUT2D eigenvalue weighted by molar-refractivity contribution is -0.122. The molecular formula is C21H20BrNO2. The third-order valence-electron chi connectivity index (χ3n) is 4.11. The molecule has 3 nitrogen and oxygen atoms in total. The average Bonchev–Trinajstić information content (AvgIpc) is 2.62. The average molecular weight is 398 g/mol. The number of nitrogens with one attached hydrogen (secondary N) is 1. The number of hydrogen-bond acceptors (Lipinski definition) is 2. The molecule has 4 heteroatoms. The van der Waals surface area contributed by atoms with Gasteiger partial charge in [0.1, 0.15) is 5.75 Å². The standard InChI is InChI=1S/C21H20BrNO2/c1-3-19(21(24)23-16-11-12-18(22)14(2)13-16)25-20-10-6-8-15-7-4-5-9-17(15)20/h4-13,19H,3H2,1-2H3,(H,23,24). The van der Waals surface area contributed by atoms with Crippen LogP contribution in [0, 0.1) is 6.92 Å². The summed E-state index contributed by atoms with van der Waals surface area (Å²) in [7, 11) is 0. The van der Waals surface area contributed by atoms with Crippen molar-refractivity contribution in [3.8, 4) is 5.75 Å². The molecular weight excluding hydrogens is 378 g/mol. The van der Waals surface area contributed by atoms with Gasteiger partial charge in [-0.15, -0.1) is 0 Å². The zero-order chi connectivity index (χ0) is 17.8. The molecule has 0 bridgehead atoms. The molecule has 0 heterocycles. The van der Waals surface area contributed by atoms with E-state index in [0.29, 0.717) is 6.42 Å². The molecule has 1 amide bonds. The van der Waals surface area contributed by atoms with E-state index in [0.717, 1.165) is 32.2 Å². The van der Waals surface area contributed by atoms with E-state index in [1.54, 1.807) is 0 Å². The Morgan fingerprint density at radius 1 is 1.12 bits per heavy atom. The van der Waals surface area contributed by atoms with E-state index in [-0.39, 0.29) is 5.91 Å². The fourth-order valence-corrected chi connectivity index (χ4v) is 2.97. The summed E-state index contributed by atoms with van der Waals surface area (Å²) < 4.78 is 7.06. The maximum Gasteiger partial charge on any atom is 0.265 e. The molecule has 0 aromatic heterocycles. The Hall–Kier alpha value is -2.33. The Balaban J connectivity index is 1.79. The normalized spacial score (nSPS) is 12.0. The third-order valence-corrected chi connectivity index (χ3v) is 5.00. The predicted octanol–water partition coefficient (Wildman–Crippen LogP) is 5.71. The number of benzene rings is 3. The predicted molar refractivity (Wildman–Crippen MR) is 106 cm³/mol. The van der Waals surface area contributed by atoms with Crippen molar-refractivity contribution in [2.45, 2.75) is 26.4 Å². The Morgan fingerprint density at radius 3 is 2.64 bits per heavy atom. The van der Waals surface area contributed by atoms with Gasteiger partial charge >= 0.3 is 0 Å². The molecule has 0 saturated carbocycles. The van der Waals surface area contributed by atoms with Crippen LogP contribution in [0.1, 0.15) is 18.9 Å². The number of carbonyl (C=O) groups is 1. The van der Waals surface area contributed by atoms with Crippen LogP contribution < -0.4 is 10.1 Å². The highest BCUT2D eigenvalue weighted by Gasteiger charge is 2.19. The van der Waals surface area contributed by atoms with Gasteiger partial charge in [-0.1, -0.05) is 59.3 Å². The van der Waals surface area contributed by atoms with E-state index in [2.05, 4.69) is 21.2 Å². The van der Waals surface area contributed by atoms with E-state index in [1.807, 2.05) is 74.5 Å². The molecule has 0 aliphatic heterocycles. The maximum atomic E-state index is 12.6. The molecule has 0 aliphatic carbocycles. The Kier molecular flexibility index (Phi) is 5.39. The number of rotatable bonds is 5. The Bertz CT molecular complexity index is 902. The van der Waals surface area contributed by atoms with Crippen LogP contribution in [-0.4, -0.2) is 12.0 Å². The Morgan fingerprint density at radius 2 is 1.88 bits per heavy atom. The second kappa shape index (κ2) is 7.70. The van der Waals surface area contributed by atoms with Crippen molar-refractivity contribution < 1.29 is 9.53 Å². The first kappa shape index (κ1) is 17.5. The van der Waals surface area contributed by atoms with Gasteiger partial charge in [0.05, 0.1) is 0 Å². The second-order valence-electron chi connectivity index (χ2n) is 5.95. The summed E-state index contributed by atoms with van der Waals surface area (Å²) in [4.78, 5) is 12.6. The van der Waals surface area contributed by atoms with Crippen LogP contribution in [0.4, 0.5) is 5.69 Å². The summed E-state index contributed by atoms with van der Waals surface area (Å²) >= 11 is 3.47. The van der Waals surface area contributed by atoms with E-state index >= 15 is 0 Å². The van der Waals surface area contributed by atoms with Gasteiger partial charge in [-0.2, -0.15) is 0 Å². The van der Waals surface area contributed by atoms with Crippen LogP contribution in [0.5, 0.6) is 5.75 Å². The molecule has 0 spiro atoms. The lowest BCUT2D eigenvalue weighted by Crippen LogP contribution is -2.32. The van der Waals surface area contributed by atoms with Crippen molar-refractivity contribution in [1.29, 1.82) is 0 Å². The lowest BCUT2D eigenvalue weighted by atomic mass is 10.1. The first-order valence-corrected chi connectivity index (χ1v) is 9.09. The van der Waals surface area contributed by atoms with Gasteiger partial charge in [0.15, 0.2) is 6.10 Å². The molecule has 0 aliphatic rings. The highest BCUT2D eigenvalue weighted by Crippen LogP contribution is 2.27. The van der Waals surface area contributed by atoms with Crippen LogP contribution in [-0.2, 0) is 4.79 Å². The van der Waals surface area contributed by atoms with E-state index in [4.69, 9.17) is 4.74 Å². The number of hydrogen-bond donors (Lipinski definition) is 1. The van der Waals surface area contributed by atoms with Gasteiger partial charge in [0.25, 0.3) is 5.91 Å². The summed E-state index contributed by atoms with van der Waals surface area (Å²) in [6.07, 6.45) is 0.0413. The van der Waals surface area contributed by atoms with E-state index < -0.39 is 6.10 Å². The van der Waals surface area contributed by atoms with Crippen molar-refractivity contribution in [2.75, 3.05) is 5.32 Å². The number of aryl methyl sites for hydroxylation is 1. The molecule has 3 rings (SSSR count). The largest absolute Gasteiger partial charge is 0.480 e. The van der Waals surface area contributed by atoms with Gasteiger partial charge < -0.3 is 10.1 Å². The van der Waals surface area contributed by atoms with E-state index in [1.165, 1.54) is 0 Å². The van der Waals surface area contributed by atoms with Gasteiger partial charge in [-0.3, -0.25) is 4.79 Å². The minimum atomic E-state index is -0.547. The smallest absolute Gasteiger partial charge is 0.265 e. The summed E-state index contributed by atoms with van der Waals surface area (Å²) in [5.41, 5.74) is 1.84. The summed E-state index contributed by atoms with van der Waals surface area (Å²) in [5.74, 6) is 0.587. The third kappa shape index (κ3) is 4.02. The number of anilines is 1. The highest BCUT2D eigenvalue weighted by molar-refractivity contribution is 9.10. The van der Waals surface area contributed by atoms with Crippen LogP contribution >= 0.6 is 15.9 Å². The zero-order valence-corrected chi connectivity index (χ0v) is 15.8. The summed E-state index contributed by atoms with van der Waals surface area (Å²) in [5, 5.41) is 5.05. The van der Waals surface area contributed by atoms with Crippen molar-refractivity contribution >= 4 is 38.3 Å². The molecule has 0 fully saturated rings. The minimum absolute atomic E-state index is 0.142. The van der Waals surface area contributed by atoms with Crippen molar-refractivity contribution in [1.82, 2.24) is 0 Å². The number of halogens is 1. The maximum absolute atomic E-state index is 12.6. The quantitative estimate of drug-likeness (QED) is 0.598. The van der Waals surface area contributed by atoms with Gasteiger partial charge in [-0.05, 0) is 48.6 Å². The fraction of sp³-hybridized carbons (Fsp3) is 0.190. The van der Waals surface area contributed by atoms with Crippen LogP contribution in [0.2, 0.25) is 0 Å². The number of carbonyl (C=O) groups excluding carboxylic acids is 1. The molecule has 1 unspecified atom stereocenters. The summed E-state index contributed by atoms with van der Waals surface area (Å²) in [6, 6.07) is 19.6. The molecule has 128 valence electrons. The van der Waals surface area contributed by atoms with Gasteiger partial charge in [0, 0.05) is 15.5 Å². The number of fused-ring (bicyclic) bond motifs is 1. The first-order chi connectivity index (χ1) is 12.1. The van der Waals surface area contributed by atoms with Crippen LogP contribution in [0.25, 0.3) is 10.8 Å². The molecule has 0 saturated heterocycles. The fourth-order valence-electron chi connectivity index (χ4n) is 2.72. The van der Waals surface area contributed by atoms with Crippen LogP contribution in [0.3, 0.4) is 0 Å². The number of amides is 1. The van der Waals surface area contributed by atoms with Crippen molar-refractivity contribution in [2.24, 2.45) is 0 Å². The van der Waals surface area contributed by atoms with E-state index in [9.17, 15) is 4.79 Å². The number of ether oxygens (including phenoxy) is 1. The summed E-state index contributed by atoms with van der Waals surface area (Å²) in [6.45, 7) is 3.94. The molecule has 3 aromatic carbocycles. The minimum Gasteiger partial charge on any atom is -0.480 e. The highest BCUT2D eigenvalue weighted by atomic mass is 79.9. The monoisotopic (exact) mass is 397 g/mol. The molecule has 1 atom stereocenters. The topological polar surface area (TPSA) is 38.3 Å². The zero-order valence-electron chi connectivity index (χ0n) is 14.3. The molecule has 1 N–H and O–H groups in total. The molecule has 0 radical (unpaired) electrons. The molecule has 3 aromatic rings. The van der Waals surface area contributed by atoms with Crippen molar-refractivity contribution in [3.63, 3.8) is 0 Å². The van der Waals surface area contributed by atoms with Crippen LogP contribution in [0.15, 0.2) is 65.1 Å².